The fourth-order valence-corrected chi connectivity index (χ4v) is 4.78. The Kier molecular flexibility index (Phi) is 6.83. The van der Waals surface area contributed by atoms with Crippen molar-refractivity contribution < 1.29 is 27.2 Å². The first kappa shape index (κ1) is 21.2. The summed E-state index contributed by atoms with van der Waals surface area (Å²) in [6.45, 7) is 2.17. The van der Waals surface area contributed by atoms with Crippen LogP contribution in [0.25, 0.3) is 0 Å². The van der Waals surface area contributed by atoms with Crippen LogP contribution < -0.4 is 15.0 Å². The first-order valence-corrected chi connectivity index (χ1v) is 10.9. The van der Waals surface area contributed by atoms with E-state index in [1.807, 2.05) is 0 Å². The van der Waals surface area contributed by atoms with Crippen molar-refractivity contribution in [3.8, 4) is 5.75 Å². The van der Waals surface area contributed by atoms with Gasteiger partial charge in [-0.25, -0.2) is 12.8 Å². The van der Waals surface area contributed by atoms with E-state index in [0.29, 0.717) is 44.0 Å². The number of amides is 1. The van der Waals surface area contributed by atoms with Gasteiger partial charge in [0, 0.05) is 18.7 Å². The smallest absolute Gasteiger partial charge is 0.279 e. The number of hydrogen-bond donors (Lipinski definition) is 2. The molecular weight excluding hydrogens is 397 g/mol. The van der Waals surface area contributed by atoms with Crippen LogP contribution in [0.1, 0.15) is 6.42 Å². The van der Waals surface area contributed by atoms with Gasteiger partial charge in [-0.15, -0.1) is 0 Å². The zero-order valence-corrected chi connectivity index (χ0v) is 17.0. The van der Waals surface area contributed by atoms with Crippen LogP contribution in [0, 0.1) is 5.82 Å². The number of methoxy groups -OCH3 is 1. The van der Waals surface area contributed by atoms with Gasteiger partial charge in [-0.1, -0.05) is 0 Å². The molecule has 9 heteroatoms. The second-order valence-corrected chi connectivity index (χ2v) is 8.85. The number of carbonyl (C=O) groups is 1. The number of benzene rings is 2. The molecule has 1 amide bonds. The van der Waals surface area contributed by atoms with Gasteiger partial charge in [-0.3, -0.25) is 4.79 Å². The minimum Gasteiger partial charge on any atom is -0.497 e. The third kappa shape index (κ3) is 5.53. The summed E-state index contributed by atoms with van der Waals surface area (Å²) in [7, 11) is -2.09. The predicted molar refractivity (Wildman–Crippen MR) is 107 cm³/mol. The molecule has 2 aromatic rings. The lowest BCUT2D eigenvalue weighted by Gasteiger charge is -2.20. The third-order valence-electron chi connectivity index (χ3n) is 4.89. The standard InChI is InChI=1S/C20H24FN3O4S/c1-28-18-7-5-17(6-8-18)22-20(25)15-23-11-2-12-24(14-13-23)29(26,27)19-9-3-16(21)4-10-19/h3-10H,2,11-15H2,1H3,(H,22,25)/p+1. The molecule has 1 aliphatic heterocycles. The largest absolute Gasteiger partial charge is 0.497 e. The van der Waals surface area contributed by atoms with Crippen LogP contribution in [-0.2, 0) is 14.8 Å². The molecule has 2 N–H and O–H groups in total. The molecule has 3 rings (SSSR count). The number of rotatable bonds is 6. The Hall–Kier alpha value is -2.49. The van der Waals surface area contributed by atoms with E-state index < -0.39 is 15.8 Å². The SMILES string of the molecule is COc1ccc(NC(=O)C[NH+]2CCCN(S(=O)(=O)c3ccc(F)cc3)CC2)cc1. The maximum Gasteiger partial charge on any atom is 0.279 e. The van der Waals surface area contributed by atoms with Gasteiger partial charge in [-0.2, -0.15) is 4.31 Å². The van der Waals surface area contributed by atoms with Gasteiger partial charge < -0.3 is 15.0 Å². The Morgan fingerprint density at radius 1 is 1.10 bits per heavy atom. The second kappa shape index (κ2) is 9.34. The average molecular weight is 423 g/mol. The van der Waals surface area contributed by atoms with Crippen molar-refractivity contribution in [1.82, 2.24) is 4.31 Å². The Morgan fingerprint density at radius 2 is 1.79 bits per heavy atom. The summed E-state index contributed by atoms with van der Waals surface area (Å²) in [4.78, 5) is 13.5. The molecule has 1 atom stereocenters. The fraction of sp³-hybridized carbons (Fsp3) is 0.350. The van der Waals surface area contributed by atoms with Crippen LogP contribution in [0.3, 0.4) is 0 Å². The lowest BCUT2D eigenvalue weighted by atomic mass is 10.3. The number of quaternary nitrogens is 1. The number of halogens is 1. The molecule has 0 aliphatic carbocycles. The molecule has 156 valence electrons. The van der Waals surface area contributed by atoms with Gasteiger partial charge in [0.05, 0.1) is 31.6 Å². The highest BCUT2D eigenvalue weighted by atomic mass is 32.2. The van der Waals surface area contributed by atoms with Crippen molar-refractivity contribution in [2.45, 2.75) is 11.3 Å². The number of nitrogens with one attached hydrogen (secondary N) is 2. The van der Waals surface area contributed by atoms with E-state index in [1.165, 1.54) is 16.4 Å². The second-order valence-electron chi connectivity index (χ2n) is 6.92. The molecule has 1 saturated heterocycles. The summed E-state index contributed by atoms with van der Waals surface area (Å²) in [5, 5.41) is 2.85. The minimum absolute atomic E-state index is 0.0830. The summed E-state index contributed by atoms with van der Waals surface area (Å²) in [5.41, 5.74) is 0.686. The van der Waals surface area contributed by atoms with Crippen molar-refractivity contribution in [1.29, 1.82) is 0 Å². The van der Waals surface area contributed by atoms with Crippen LogP contribution in [-0.4, -0.2) is 58.5 Å². The van der Waals surface area contributed by atoms with E-state index >= 15 is 0 Å². The van der Waals surface area contributed by atoms with Crippen molar-refractivity contribution >= 4 is 21.6 Å². The highest BCUT2D eigenvalue weighted by Crippen LogP contribution is 2.17. The summed E-state index contributed by atoms with van der Waals surface area (Å²) in [5.74, 6) is 0.113. The molecule has 1 aliphatic rings. The van der Waals surface area contributed by atoms with Gasteiger partial charge in [0.15, 0.2) is 6.54 Å². The van der Waals surface area contributed by atoms with Crippen LogP contribution >= 0.6 is 0 Å². The lowest BCUT2D eigenvalue weighted by Crippen LogP contribution is -3.13. The Balaban J connectivity index is 1.56. The van der Waals surface area contributed by atoms with Crippen molar-refractivity contribution in [2.24, 2.45) is 0 Å². The quantitative estimate of drug-likeness (QED) is 0.720. The fourth-order valence-electron chi connectivity index (χ4n) is 3.30. The van der Waals surface area contributed by atoms with E-state index in [-0.39, 0.29) is 17.3 Å². The molecule has 0 bridgehead atoms. The lowest BCUT2D eigenvalue weighted by molar-refractivity contribution is -0.889. The number of anilines is 1. The maximum atomic E-state index is 13.1. The third-order valence-corrected chi connectivity index (χ3v) is 6.80. The molecular formula is C20H25FN3O4S+. The highest BCUT2D eigenvalue weighted by molar-refractivity contribution is 7.89. The molecule has 0 aromatic heterocycles. The summed E-state index contributed by atoms with van der Waals surface area (Å²) < 4.78 is 45.2. The zero-order valence-electron chi connectivity index (χ0n) is 16.2. The molecule has 0 radical (unpaired) electrons. The summed E-state index contributed by atoms with van der Waals surface area (Å²) in [6.07, 6.45) is 0.644. The Morgan fingerprint density at radius 3 is 2.45 bits per heavy atom. The monoisotopic (exact) mass is 422 g/mol. The topological polar surface area (TPSA) is 80.2 Å². The van der Waals surface area contributed by atoms with Crippen molar-refractivity contribution in [3.63, 3.8) is 0 Å². The van der Waals surface area contributed by atoms with Gasteiger partial charge in [-0.05, 0) is 48.5 Å². The number of hydrogen-bond acceptors (Lipinski definition) is 4. The van der Waals surface area contributed by atoms with Crippen molar-refractivity contribution in [3.05, 3.63) is 54.3 Å². The molecule has 1 heterocycles. The zero-order chi connectivity index (χ0) is 20.9. The number of ether oxygens (including phenoxy) is 1. The first-order valence-electron chi connectivity index (χ1n) is 9.41. The van der Waals surface area contributed by atoms with E-state index in [0.717, 1.165) is 17.0 Å². The van der Waals surface area contributed by atoms with Crippen molar-refractivity contribution in [2.75, 3.05) is 45.2 Å². The maximum absolute atomic E-state index is 13.1. The minimum atomic E-state index is -3.67. The number of nitrogens with zero attached hydrogens (tertiary/aromatic N) is 1. The molecule has 0 spiro atoms. The summed E-state index contributed by atoms with van der Waals surface area (Å²) >= 11 is 0. The van der Waals surface area contributed by atoms with Gasteiger partial charge in [0.1, 0.15) is 11.6 Å². The highest BCUT2D eigenvalue weighted by Gasteiger charge is 2.29. The number of carbonyl (C=O) groups excluding carboxylic acids is 1. The molecule has 29 heavy (non-hydrogen) atoms. The van der Waals surface area contributed by atoms with Gasteiger partial charge in [0.2, 0.25) is 10.0 Å². The van der Waals surface area contributed by atoms with Crippen LogP contribution in [0.5, 0.6) is 5.75 Å². The molecule has 1 unspecified atom stereocenters. The van der Waals surface area contributed by atoms with E-state index in [9.17, 15) is 17.6 Å². The van der Waals surface area contributed by atoms with Gasteiger partial charge in [0.25, 0.3) is 5.91 Å². The Bertz CT molecular complexity index is 933. The normalized spacial score (nSPS) is 18.1. The molecule has 7 nitrogen and oxygen atoms in total. The van der Waals surface area contributed by atoms with E-state index in [2.05, 4.69) is 5.32 Å². The number of sulfonamides is 1. The van der Waals surface area contributed by atoms with Gasteiger partial charge >= 0.3 is 0 Å². The molecule has 2 aromatic carbocycles. The molecule has 1 fully saturated rings. The molecule has 0 saturated carbocycles. The van der Waals surface area contributed by atoms with Crippen LogP contribution in [0.2, 0.25) is 0 Å². The average Bonchev–Trinajstić information content (AvgIpc) is 2.95. The Labute approximate surface area is 170 Å². The predicted octanol–water partition coefficient (Wildman–Crippen LogP) is 0.752. The summed E-state index contributed by atoms with van der Waals surface area (Å²) in [6, 6.07) is 11.9. The van der Waals surface area contributed by atoms with E-state index in [4.69, 9.17) is 4.74 Å². The van der Waals surface area contributed by atoms with E-state index in [1.54, 1.807) is 31.4 Å². The first-order chi connectivity index (χ1) is 13.9. The van der Waals surface area contributed by atoms with Crippen LogP contribution in [0.4, 0.5) is 10.1 Å². The van der Waals surface area contributed by atoms with Crippen LogP contribution in [0.15, 0.2) is 53.4 Å².